The van der Waals surface area contributed by atoms with Crippen molar-refractivity contribution in [2.75, 3.05) is 18.1 Å². The average Bonchev–Trinajstić information content (AvgIpc) is 2.52. The van der Waals surface area contributed by atoms with Crippen molar-refractivity contribution >= 4 is 23.6 Å². The Morgan fingerprint density at radius 1 is 1.71 bits per heavy atom. The lowest BCUT2D eigenvalue weighted by atomic mass is 10.2. The molecule has 80 valence electrons. The number of amides is 1. The first kappa shape index (κ1) is 11.4. The minimum Gasteiger partial charge on any atom is -0.464 e. The molecule has 0 saturated carbocycles. The molecule has 1 N–H and O–H groups in total. The Kier molecular flexibility index (Phi) is 4.79. The molecular formula is C9H15NO3S. The number of carbonyl (C=O) groups is 2. The van der Waals surface area contributed by atoms with Gasteiger partial charge in [-0.25, -0.2) is 4.79 Å². The molecule has 1 amide bonds. The molecule has 0 unspecified atom stereocenters. The van der Waals surface area contributed by atoms with Gasteiger partial charge in [-0.1, -0.05) is 6.92 Å². The lowest BCUT2D eigenvalue weighted by Gasteiger charge is -2.07. The van der Waals surface area contributed by atoms with Crippen LogP contribution in [-0.2, 0) is 14.3 Å². The second-order valence-electron chi connectivity index (χ2n) is 3.13. The van der Waals surface area contributed by atoms with Crippen molar-refractivity contribution in [3.05, 3.63) is 0 Å². The lowest BCUT2D eigenvalue weighted by molar-refractivity contribution is -0.141. The maximum atomic E-state index is 11.3. The molecule has 14 heavy (non-hydrogen) atoms. The number of esters is 1. The van der Waals surface area contributed by atoms with E-state index in [1.165, 1.54) is 0 Å². The van der Waals surface area contributed by atoms with Gasteiger partial charge in [0.2, 0.25) is 5.91 Å². The summed E-state index contributed by atoms with van der Waals surface area (Å²) in [6.07, 6.45) is 1.66. The molecule has 1 fully saturated rings. The molecule has 1 atom stereocenters. The van der Waals surface area contributed by atoms with E-state index in [0.29, 0.717) is 18.8 Å². The summed E-state index contributed by atoms with van der Waals surface area (Å²) in [5, 5.41) is 2.65. The molecule has 1 saturated heterocycles. The fraction of sp³-hybridized carbons (Fsp3) is 0.778. The second-order valence-corrected chi connectivity index (χ2v) is 4.23. The highest BCUT2D eigenvalue weighted by molar-refractivity contribution is 7.99. The second kappa shape index (κ2) is 5.90. The number of ether oxygens (including phenoxy) is 1. The molecule has 0 aromatic heterocycles. The van der Waals surface area contributed by atoms with Crippen LogP contribution in [0.25, 0.3) is 0 Å². The third-order valence-electron chi connectivity index (χ3n) is 1.85. The highest BCUT2D eigenvalue weighted by atomic mass is 32.2. The van der Waals surface area contributed by atoms with Gasteiger partial charge < -0.3 is 10.1 Å². The number of nitrogens with one attached hydrogen (secondary N) is 1. The zero-order valence-electron chi connectivity index (χ0n) is 8.25. The first-order chi connectivity index (χ1) is 6.74. The number of cyclic esters (lactones) is 1. The summed E-state index contributed by atoms with van der Waals surface area (Å²) in [4.78, 5) is 22.3. The smallest absolute Gasteiger partial charge is 0.328 e. The van der Waals surface area contributed by atoms with Crippen molar-refractivity contribution in [1.29, 1.82) is 0 Å². The highest BCUT2D eigenvalue weighted by Crippen LogP contribution is 2.07. The fourth-order valence-electron chi connectivity index (χ4n) is 1.17. The number of thioether (sulfide) groups is 1. The van der Waals surface area contributed by atoms with Crippen LogP contribution in [0.2, 0.25) is 0 Å². The van der Waals surface area contributed by atoms with E-state index in [4.69, 9.17) is 4.74 Å². The number of hydrogen-bond acceptors (Lipinski definition) is 4. The van der Waals surface area contributed by atoms with Crippen LogP contribution in [0.4, 0.5) is 0 Å². The van der Waals surface area contributed by atoms with Crippen LogP contribution in [0, 0.1) is 0 Å². The molecule has 0 radical (unpaired) electrons. The molecule has 0 spiro atoms. The summed E-state index contributed by atoms with van der Waals surface area (Å²) in [6, 6.07) is -0.412. The van der Waals surface area contributed by atoms with Crippen LogP contribution >= 0.6 is 11.8 Å². The van der Waals surface area contributed by atoms with Gasteiger partial charge in [-0.3, -0.25) is 4.79 Å². The predicted molar refractivity (Wildman–Crippen MR) is 55.1 cm³/mol. The van der Waals surface area contributed by atoms with E-state index in [2.05, 4.69) is 12.2 Å². The summed E-state index contributed by atoms with van der Waals surface area (Å²) < 4.78 is 4.73. The van der Waals surface area contributed by atoms with Crippen molar-refractivity contribution in [2.24, 2.45) is 0 Å². The van der Waals surface area contributed by atoms with E-state index in [-0.39, 0.29) is 11.9 Å². The molecule has 0 aromatic carbocycles. The molecular weight excluding hydrogens is 202 g/mol. The Balaban J connectivity index is 2.16. The van der Waals surface area contributed by atoms with Crippen molar-refractivity contribution < 1.29 is 14.3 Å². The zero-order valence-corrected chi connectivity index (χ0v) is 9.06. The van der Waals surface area contributed by atoms with Crippen molar-refractivity contribution in [2.45, 2.75) is 25.8 Å². The van der Waals surface area contributed by atoms with E-state index in [1.54, 1.807) is 11.8 Å². The summed E-state index contributed by atoms with van der Waals surface area (Å²) in [5.74, 6) is 1.02. The SMILES string of the molecule is CCCSCC(=O)N[C@H]1CCOC1=O. The monoisotopic (exact) mass is 217 g/mol. The quantitative estimate of drug-likeness (QED) is 0.540. The van der Waals surface area contributed by atoms with Gasteiger partial charge >= 0.3 is 5.97 Å². The number of carbonyl (C=O) groups excluding carboxylic acids is 2. The van der Waals surface area contributed by atoms with Crippen LogP contribution in [0.5, 0.6) is 0 Å². The standard InChI is InChI=1S/C9H15NO3S/c1-2-5-14-6-8(11)10-7-3-4-13-9(7)12/h7H,2-6H2,1H3,(H,10,11)/t7-/m0/s1. The Morgan fingerprint density at radius 2 is 2.50 bits per heavy atom. The van der Waals surface area contributed by atoms with Crippen molar-refractivity contribution in [1.82, 2.24) is 5.32 Å². The topological polar surface area (TPSA) is 55.4 Å². The summed E-state index contributed by atoms with van der Waals surface area (Å²) in [5.41, 5.74) is 0. The minimum atomic E-state index is -0.412. The van der Waals surface area contributed by atoms with E-state index in [0.717, 1.165) is 12.2 Å². The molecule has 1 aliphatic rings. The van der Waals surface area contributed by atoms with Crippen LogP contribution in [0.15, 0.2) is 0 Å². The van der Waals surface area contributed by atoms with Crippen LogP contribution in [0.1, 0.15) is 19.8 Å². The van der Waals surface area contributed by atoms with Crippen LogP contribution in [0.3, 0.4) is 0 Å². The first-order valence-electron chi connectivity index (χ1n) is 4.77. The van der Waals surface area contributed by atoms with E-state index >= 15 is 0 Å². The van der Waals surface area contributed by atoms with Gasteiger partial charge in [0.05, 0.1) is 12.4 Å². The van der Waals surface area contributed by atoms with Gasteiger partial charge in [0.15, 0.2) is 0 Å². The van der Waals surface area contributed by atoms with Crippen LogP contribution < -0.4 is 5.32 Å². The van der Waals surface area contributed by atoms with Gasteiger partial charge in [0.1, 0.15) is 6.04 Å². The molecule has 5 heteroatoms. The third kappa shape index (κ3) is 3.57. The van der Waals surface area contributed by atoms with Crippen molar-refractivity contribution in [3.8, 4) is 0 Å². The Morgan fingerprint density at radius 3 is 3.07 bits per heavy atom. The largest absolute Gasteiger partial charge is 0.464 e. The maximum absolute atomic E-state index is 11.3. The van der Waals surface area contributed by atoms with Crippen molar-refractivity contribution in [3.63, 3.8) is 0 Å². The van der Waals surface area contributed by atoms with Crippen LogP contribution in [-0.4, -0.2) is 36.0 Å². The molecule has 0 bridgehead atoms. The fourth-order valence-corrected chi connectivity index (χ4v) is 1.87. The average molecular weight is 217 g/mol. The predicted octanol–water partition coefficient (Wildman–Crippen LogP) is 0.561. The normalized spacial score (nSPS) is 20.6. The zero-order chi connectivity index (χ0) is 10.4. The van der Waals surface area contributed by atoms with Gasteiger partial charge in [0.25, 0.3) is 0 Å². The Hall–Kier alpha value is -0.710. The highest BCUT2D eigenvalue weighted by Gasteiger charge is 2.27. The summed E-state index contributed by atoms with van der Waals surface area (Å²) in [7, 11) is 0. The Labute approximate surface area is 87.8 Å². The van der Waals surface area contributed by atoms with Gasteiger partial charge in [-0.2, -0.15) is 11.8 Å². The van der Waals surface area contributed by atoms with E-state index in [9.17, 15) is 9.59 Å². The number of hydrogen-bond donors (Lipinski definition) is 1. The summed E-state index contributed by atoms with van der Waals surface area (Å²) >= 11 is 1.58. The first-order valence-corrected chi connectivity index (χ1v) is 5.93. The van der Waals surface area contributed by atoms with Gasteiger partial charge in [-0.05, 0) is 12.2 Å². The van der Waals surface area contributed by atoms with E-state index in [1.807, 2.05) is 0 Å². The van der Waals surface area contributed by atoms with Gasteiger partial charge in [0, 0.05) is 6.42 Å². The molecule has 4 nitrogen and oxygen atoms in total. The Bertz CT molecular complexity index is 220. The lowest BCUT2D eigenvalue weighted by Crippen LogP contribution is -2.38. The molecule has 1 rings (SSSR count). The molecule has 1 aliphatic heterocycles. The van der Waals surface area contributed by atoms with Gasteiger partial charge in [-0.15, -0.1) is 0 Å². The minimum absolute atomic E-state index is 0.0766. The maximum Gasteiger partial charge on any atom is 0.328 e. The summed E-state index contributed by atoms with van der Waals surface area (Å²) in [6.45, 7) is 2.49. The number of rotatable bonds is 5. The molecule has 1 heterocycles. The molecule has 0 aliphatic carbocycles. The van der Waals surface area contributed by atoms with E-state index < -0.39 is 6.04 Å². The third-order valence-corrected chi connectivity index (χ3v) is 3.02. The molecule has 0 aromatic rings.